The van der Waals surface area contributed by atoms with Gasteiger partial charge in [0, 0.05) is 37.0 Å². The predicted molar refractivity (Wildman–Crippen MR) is 121 cm³/mol. The van der Waals surface area contributed by atoms with Gasteiger partial charge in [-0.1, -0.05) is 12.1 Å². The van der Waals surface area contributed by atoms with Crippen molar-refractivity contribution >= 4 is 17.6 Å². The summed E-state index contributed by atoms with van der Waals surface area (Å²) in [6.45, 7) is 1.28. The number of fused-ring (bicyclic) bond motifs is 4. The summed E-state index contributed by atoms with van der Waals surface area (Å²) in [4.78, 5) is 31.2. The number of ether oxygens (including phenoxy) is 1. The number of aliphatic hydroxyl groups is 1. The summed E-state index contributed by atoms with van der Waals surface area (Å²) < 4.78 is 5.79. The lowest BCUT2D eigenvalue weighted by Crippen LogP contribution is -2.46. The molecule has 4 heterocycles. The molecular formula is C24H29N5O4. The second-order valence-corrected chi connectivity index (χ2v) is 8.83. The quantitative estimate of drug-likeness (QED) is 0.552. The first-order chi connectivity index (χ1) is 16.1. The Labute approximate surface area is 192 Å². The van der Waals surface area contributed by atoms with Gasteiger partial charge >= 0.3 is 6.03 Å². The Morgan fingerprint density at radius 1 is 1.24 bits per heavy atom. The minimum atomic E-state index is -0.498. The Balaban J connectivity index is 1.12. The van der Waals surface area contributed by atoms with Crippen molar-refractivity contribution in [1.29, 1.82) is 0 Å². The van der Waals surface area contributed by atoms with Crippen LogP contribution in [-0.2, 0) is 16.1 Å². The molecule has 0 saturated carbocycles. The first kappa shape index (κ1) is 21.7. The molecule has 174 valence electrons. The van der Waals surface area contributed by atoms with Crippen LogP contribution in [0.4, 0.5) is 10.5 Å². The average Bonchev–Trinajstić information content (AvgIpc) is 3.34. The summed E-state index contributed by atoms with van der Waals surface area (Å²) in [5, 5.41) is 18.9. The maximum atomic E-state index is 12.7. The number of carbonyl (C=O) groups excluding carboxylic acids is 2. The molecule has 5 rings (SSSR count). The van der Waals surface area contributed by atoms with E-state index in [1.165, 1.54) is 0 Å². The van der Waals surface area contributed by atoms with Gasteiger partial charge in [0.1, 0.15) is 0 Å². The van der Waals surface area contributed by atoms with Gasteiger partial charge < -0.3 is 30.7 Å². The van der Waals surface area contributed by atoms with Crippen LogP contribution >= 0.6 is 0 Å². The van der Waals surface area contributed by atoms with Gasteiger partial charge in [0.25, 0.3) is 0 Å². The van der Waals surface area contributed by atoms with Crippen LogP contribution in [-0.4, -0.2) is 58.8 Å². The zero-order valence-electron chi connectivity index (χ0n) is 18.4. The van der Waals surface area contributed by atoms with Crippen molar-refractivity contribution in [1.82, 2.24) is 20.5 Å². The van der Waals surface area contributed by atoms with E-state index in [0.29, 0.717) is 19.7 Å². The average molecular weight is 452 g/mol. The topological polar surface area (TPSA) is 116 Å². The zero-order chi connectivity index (χ0) is 22.8. The molecule has 3 amide bonds. The summed E-state index contributed by atoms with van der Waals surface area (Å²) in [5.41, 5.74) is 3.84. The highest BCUT2D eigenvalue weighted by Crippen LogP contribution is 2.39. The second-order valence-electron chi connectivity index (χ2n) is 8.83. The summed E-state index contributed by atoms with van der Waals surface area (Å²) in [5.74, 6) is -0.107. The van der Waals surface area contributed by atoms with Gasteiger partial charge in [0.2, 0.25) is 5.91 Å². The summed E-state index contributed by atoms with van der Waals surface area (Å²) in [7, 11) is 0. The summed E-state index contributed by atoms with van der Waals surface area (Å²) in [6, 6.07) is 11.2. The van der Waals surface area contributed by atoms with Crippen LogP contribution in [0.2, 0.25) is 0 Å². The van der Waals surface area contributed by atoms with E-state index >= 15 is 0 Å². The number of likely N-dealkylation sites (tertiary alicyclic amines) is 1. The summed E-state index contributed by atoms with van der Waals surface area (Å²) >= 11 is 0. The van der Waals surface area contributed by atoms with E-state index in [-0.39, 0.29) is 36.7 Å². The normalized spacial score (nSPS) is 25.7. The third-order valence-electron chi connectivity index (χ3n) is 6.66. The van der Waals surface area contributed by atoms with Crippen LogP contribution in [0.3, 0.4) is 0 Å². The third kappa shape index (κ3) is 4.65. The molecular weight excluding hydrogens is 422 g/mol. The molecule has 2 unspecified atom stereocenters. The van der Waals surface area contributed by atoms with E-state index in [0.717, 1.165) is 41.8 Å². The van der Waals surface area contributed by atoms with Crippen molar-refractivity contribution in [2.45, 2.75) is 50.1 Å². The highest BCUT2D eigenvalue weighted by molar-refractivity contribution is 5.84. The first-order valence-electron chi connectivity index (χ1n) is 11.5. The number of aromatic nitrogens is 1. The molecule has 2 saturated heterocycles. The molecule has 9 nitrogen and oxygen atoms in total. The van der Waals surface area contributed by atoms with Crippen molar-refractivity contribution < 1.29 is 19.4 Å². The van der Waals surface area contributed by atoms with E-state index in [2.05, 4.69) is 20.9 Å². The third-order valence-corrected chi connectivity index (χ3v) is 6.66. The molecule has 2 aromatic rings. The van der Waals surface area contributed by atoms with E-state index in [4.69, 9.17) is 4.74 Å². The minimum Gasteiger partial charge on any atom is -0.389 e. The number of pyridine rings is 1. The number of rotatable bonds is 5. The van der Waals surface area contributed by atoms with Crippen molar-refractivity contribution in [3.8, 4) is 0 Å². The maximum absolute atomic E-state index is 12.7. The fraction of sp³-hybridized carbons (Fsp3) is 0.458. The molecule has 0 aliphatic carbocycles. The summed E-state index contributed by atoms with van der Waals surface area (Å²) in [6.07, 6.45) is 3.73. The highest BCUT2D eigenvalue weighted by atomic mass is 16.5. The Morgan fingerprint density at radius 2 is 2.15 bits per heavy atom. The molecule has 1 aromatic heterocycles. The molecule has 9 heteroatoms. The molecule has 2 fully saturated rings. The van der Waals surface area contributed by atoms with E-state index in [1.54, 1.807) is 11.1 Å². The Morgan fingerprint density at radius 3 is 3.00 bits per heavy atom. The fourth-order valence-corrected chi connectivity index (χ4v) is 4.93. The highest BCUT2D eigenvalue weighted by Gasteiger charge is 2.36. The fourth-order valence-electron chi connectivity index (χ4n) is 4.93. The molecule has 4 N–H and O–H groups in total. The van der Waals surface area contributed by atoms with Crippen LogP contribution in [0.5, 0.6) is 0 Å². The largest absolute Gasteiger partial charge is 0.389 e. The van der Waals surface area contributed by atoms with Crippen molar-refractivity contribution in [3.63, 3.8) is 0 Å². The molecule has 0 radical (unpaired) electrons. The number of nitrogens with one attached hydrogen (secondary N) is 3. The number of hydrogen-bond acceptors (Lipinski definition) is 6. The Hall–Kier alpha value is -3.17. The van der Waals surface area contributed by atoms with Crippen LogP contribution < -0.4 is 16.0 Å². The number of urea groups is 1. The number of amides is 3. The lowest BCUT2D eigenvalue weighted by molar-refractivity contribution is -0.131. The van der Waals surface area contributed by atoms with Gasteiger partial charge in [-0.15, -0.1) is 0 Å². The lowest BCUT2D eigenvalue weighted by Gasteiger charge is -2.40. The molecule has 1 aromatic carbocycles. The smallest absolute Gasteiger partial charge is 0.315 e. The molecule has 3 aliphatic heterocycles. The zero-order valence-corrected chi connectivity index (χ0v) is 18.4. The number of nitrogens with zero attached hydrogens (tertiary/aromatic N) is 2. The second kappa shape index (κ2) is 9.36. The number of benzene rings is 1. The van der Waals surface area contributed by atoms with Gasteiger partial charge in [-0.2, -0.15) is 0 Å². The van der Waals surface area contributed by atoms with Gasteiger partial charge in [-0.05, 0) is 42.7 Å². The van der Waals surface area contributed by atoms with Crippen LogP contribution in [0.15, 0.2) is 42.6 Å². The van der Waals surface area contributed by atoms with Crippen molar-refractivity contribution in [2.24, 2.45) is 0 Å². The molecule has 0 spiro atoms. The molecule has 2 bridgehead atoms. The van der Waals surface area contributed by atoms with Gasteiger partial charge in [0.15, 0.2) is 0 Å². The maximum Gasteiger partial charge on any atom is 0.315 e. The van der Waals surface area contributed by atoms with Gasteiger partial charge in [0.05, 0.1) is 43.1 Å². The first-order valence-corrected chi connectivity index (χ1v) is 11.5. The number of anilines is 1. The number of aliphatic hydroxyl groups excluding tert-OH is 1. The molecule has 33 heavy (non-hydrogen) atoms. The van der Waals surface area contributed by atoms with Gasteiger partial charge in [-0.25, -0.2) is 4.79 Å². The lowest BCUT2D eigenvalue weighted by atomic mass is 9.89. The predicted octanol–water partition coefficient (Wildman–Crippen LogP) is 1.86. The SMILES string of the molecule is O=C(NCC(=O)N1CCCC1c1ccccn1)NCc1ccc2c(c1)[C@H]1CC(N2)[C@H](O)CO1. The van der Waals surface area contributed by atoms with E-state index < -0.39 is 6.10 Å². The Bertz CT molecular complexity index is 1020. The minimum absolute atomic E-state index is 0.0106. The molecule has 3 aliphatic rings. The van der Waals surface area contributed by atoms with Gasteiger partial charge in [-0.3, -0.25) is 9.78 Å². The standard InChI is InChI=1S/C24H29N5O4/c30-21-14-33-22-11-19(21)28-17-7-6-15(10-16(17)22)12-26-24(32)27-13-23(31)29-9-3-5-20(29)18-4-1-2-8-25-18/h1-2,4,6-8,10,19-22,28,30H,3,5,9,11-14H2,(H2,26,27,32)/t19?,20?,21-,22-/m1/s1. The van der Waals surface area contributed by atoms with Crippen LogP contribution in [0.1, 0.15) is 48.2 Å². The number of hydrogen-bond donors (Lipinski definition) is 4. The monoisotopic (exact) mass is 451 g/mol. The van der Waals surface area contributed by atoms with E-state index in [1.807, 2.05) is 36.4 Å². The van der Waals surface area contributed by atoms with Crippen molar-refractivity contribution in [2.75, 3.05) is 25.0 Å². The van der Waals surface area contributed by atoms with Crippen LogP contribution in [0.25, 0.3) is 0 Å². The van der Waals surface area contributed by atoms with Crippen molar-refractivity contribution in [3.05, 3.63) is 59.4 Å². The van der Waals surface area contributed by atoms with E-state index in [9.17, 15) is 14.7 Å². The van der Waals surface area contributed by atoms with Crippen LogP contribution in [0, 0.1) is 0 Å². The Kier molecular flexibility index (Phi) is 6.15. The molecule has 4 atom stereocenters. The number of carbonyl (C=O) groups is 2.